The van der Waals surface area contributed by atoms with E-state index >= 15 is 0 Å². The van der Waals surface area contributed by atoms with Gasteiger partial charge in [0.05, 0.1) is 0 Å². The van der Waals surface area contributed by atoms with Crippen molar-refractivity contribution in [1.82, 2.24) is 9.97 Å². The molecule has 0 amide bonds. The van der Waals surface area contributed by atoms with Gasteiger partial charge in [-0.2, -0.15) is 0 Å². The zero-order valence-corrected chi connectivity index (χ0v) is 8.65. The molecule has 74 valence electrons. The maximum Gasteiger partial charge on any atom is 0.150 e. The van der Waals surface area contributed by atoms with E-state index in [1.807, 2.05) is 18.2 Å². The molecule has 0 saturated heterocycles. The van der Waals surface area contributed by atoms with Crippen molar-refractivity contribution in [2.45, 2.75) is 9.79 Å². The van der Waals surface area contributed by atoms with Gasteiger partial charge < -0.3 is 0 Å². The topological polar surface area (TPSA) is 42.9 Å². The highest BCUT2D eigenvalue weighted by Gasteiger charge is 1.98. The summed E-state index contributed by atoms with van der Waals surface area (Å²) < 4.78 is 0. The first-order chi connectivity index (χ1) is 7.38. The molecule has 1 aromatic carbocycles. The van der Waals surface area contributed by atoms with Gasteiger partial charge in [-0.15, -0.1) is 0 Å². The van der Waals surface area contributed by atoms with Crippen molar-refractivity contribution < 1.29 is 4.79 Å². The average molecular weight is 216 g/mol. The second kappa shape index (κ2) is 4.70. The minimum atomic E-state index is 0.678. The number of carbonyl (C=O) groups excluding carboxylic acids is 1. The molecular formula is C11H8N2OS. The summed E-state index contributed by atoms with van der Waals surface area (Å²) in [5.41, 5.74) is 0.678. The fourth-order valence-corrected chi connectivity index (χ4v) is 1.97. The summed E-state index contributed by atoms with van der Waals surface area (Å²) in [7, 11) is 0. The normalized spacial score (nSPS) is 9.87. The molecule has 0 unspecified atom stereocenters. The molecule has 0 aliphatic rings. The van der Waals surface area contributed by atoms with E-state index in [0.717, 1.165) is 16.1 Å². The Morgan fingerprint density at radius 2 is 1.93 bits per heavy atom. The second-order valence-electron chi connectivity index (χ2n) is 2.87. The van der Waals surface area contributed by atoms with Crippen LogP contribution in [0.3, 0.4) is 0 Å². The molecule has 0 aliphatic carbocycles. The van der Waals surface area contributed by atoms with Gasteiger partial charge in [0.1, 0.15) is 12.6 Å². The Hall–Kier alpha value is -1.68. The highest BCUT2D eigenvalue weighted by molar-refractivity contribution is 7.99. The lowest BCUT2D eigenvalue weighted by Crippen LogP contribution is -1.81. The molecule has 0 fully saturated rings. The Balaban J connectivity index is 2.21. The van der Waals surface area contributed by atoms with E-state index in [4.69, 9.17) is 0 Å². The van der Waals surface area contributed by atoms with Crippen LogP contribution in [-0.4, -0.2) is 16.3 Å². The van der Waals surface area contributed by atoms with E-state index in [2.05, 4.69) is 9.97 Å². The van der Waals surface area contributed by atoms with Crippen LogP contribution >= 0.6 is 11.8 Å². The summed E-state index contributed by atoms with van der Waals surface area (Å²) in [6, 6.07) is 7.42. The number of hydrogen-bond acceptors (Lipinski definition) is 4. The first-order valence-corrected chi connectivity index (χ1v) is 5.18. The van der Waals surface area contributed by atoms with E-state index in [1.165, 1.54) is 18.1 Å². The number of benzene rings is 1. The molecule has 0 bridgehead atoms. The number of aromatic nitrogens is 2. The van der Waals surface area contributed by atoms with Crippen LogP contribution in [-0.2, 0) is 0 Å². The standard InChI is InChI=1S/C11H8N2OS/c14-7-9-2-1-3-10(4-9)15-11-5-12-8-13-6-11/h1-8H. The Labute approximate surface area is 91.6 Å². The first-order valence-electron chi connectivity index (χ1n) is 4.36. The zero-order valence-electron chi connectivity index (χ0n) is 7.83. The van der Waals surface area contributed by atoms with Crippen molar-refractivity contribution in [3.8, 4) is 0 Å². The van der Waals surface area contributed by atoms with Gasteiger partial charge in [0.25, 0.3) is 0 Å². The summed E-state index contributed by atoms with van der Waals surface area (Å²) >= 11 is 1.53. The average Bonchev–Trinajstić information content (AvgIpc) is 2.31. The molecule has 0 spiro atoms. The van der Waals surface area contributed by atoms with Gasteiger partial charge in [0.15, 0.2) is 0 Å². The maximum atomic E-state index is 10.6. The molecule has 1 aromatic heterocycles. The van der Waals surface area contributed by atoms with E-state index in [0.29, 0.717) is 5.56 Å². The lowest BCUT2D eigenvalue weighted by atomic mass is 10.2. The van der Waals surface area contributed by atoms with Crippen LogP contribution in [0.5, 0.6) is 0 Å². The number of nitrogens with zero attached hydrogens (tertiary/aromatic N) is 2. The van der Waals surface area contributed by atoms with E-state index in [-0.39, 0.29) is 0 Å². The van der Waals surface area contributed by atoms with Gasteiger partial charge in [-0.1, -0.05) is 23.9 Å². The quantitative estimate of drug-likeness (QED) is 0.739. The highest BCUT2D eigenvalue weighted by atomic mass is 32.2. The summed E-state index contributed by atoms with van der Waals surface area (Å²) in [5.74, 6) is 0. The molecule has 0 radical (unpaired) electrons. The first kappa shape index (κ1) is 9.86. The Morgan fingerprint density at radius 3 is 2.67 bits per heavy atom. The van der Waals surface area contributed by atoms with Gasteiger partial charge in [0.2, 0.25) is 0 Å². The van der Waals surface area contributed by atoms with Crippen molar-refractivity contribution in [3.05, 3.63) is 48.5 Å². The van der Waals surface area contributed by atoms with Crippen molar-refractivity contribution in [1.29, 1.82) is 0 Å². The van der Waals surface area contributed by atoms with E-state index in [9.17, 15) is 4.79 Å². The van der Waals surface area contributed by atoms with E-state index in [1.54, 1.807) is 18.5 Å². The minimum Gasteiger partial charge on any atom is -0.298 e. The molecule has 2 rings (SSSR count). The molecule has 4 heteroatoms. The molecule has 2 aromatic rings. The minimum absolute atomic E-state index is 0.678. The summed E-state index contributed by atoms with van der Waals surface area (Å²) in [6.07, 6.45) is 5.81. The van der Waals surface area contributed by atoms with Gasteiger partial charge in [-0.25, -0.2) is 9.97 Å². The maximum absolute atomic E-state index is 10.6. The van der Waals surface area contributed by atoms with Crippen molar-refractivity contribution >= 4 is 18.0 Å². The Bertz CT molecular complexity index is 459. The Morgan fingerprint density at radius 1 is 1.13 bits per heavy atom. The molecule has 0 aliphatic heterocycles. The van der Waals surface area contributed by atoms with Crippen LogP contribution in [0.2, 0.25) is 0 Å². The predicted octanol–water partition coefficient (Wildman–Crippen LogP) is 2.44. The lowest BCUT2D eigenvalue weighted by Gasteiger charge is -2.00. The summed E-state index contributed by atoms with van der Waals surface area (Å²) in [4.78, 5) is 20.4. The third kappa shape index (κ3) is 2.63. The summed E-state index contributed by atoms with van der Waals surface area (Å²) in [6.45, 7) is 0. The smallest absolute Gasteiger partial charge is 0.150 e. The molecule has 0 N–H and O–H groups in total. The van der Waals surface area contributed by atoms with Crippen molar-refractivity contribution in [3.63, 3.8) is 0 Å². The summed E-state index contributed by atoms with van der Waals surface area (Å²) in [5, 5.41) is 0. The second-order valence-corrected chi connectivity index (χ2v) is 4.01. The highest BCUT2D eigenvalue weighted by Crippen LogP contribution is 2.26. The van der Waals surface area contributed by atoms with Crippen LogP contribution in [0.4, 0.5) is 0 Å². The monoisotopic (exact) mass is 216 g/mol. The Kier molecular flexibility index (Phi) is 3.09. The third-order valence-electron chi connectivity index (χ3n) is 1.77. The van der Waals surface area contributed by atoms with E-state index < -0.39 is 0 Å². The molecule has 1 heterocycles. The van der Waals surface area contributed by atoms with Crippen LogP contribution < -0.4 is 0 Å². The number of hydrogen-bond donors (Lipinski definition) is 0. The van der Waals surface area contributed by atoms with Crippen LogP contribution in [0.25, 0.3) is 0 Å². The zero-order chi connectivity index (χ0) is 10.5. The third-order valence-corrected chi connectivity index (χ3v) is 2.70. The molecule has 0 saturated carbocycles. The van der Waals surface area contributed by atoms with Crippen LogP contribution in [0.15, 0.2) is 52.8 Å². The largest absolute Gasteiger partial charge is 0.298 e. The number of rotatable bonds is 3. The molecule has 0 atom stereocenters. The fraction of sp³-hybridized carbons (Fsp3) is 0. The molecular weight excluding hydrogens is 208 g/mol. The molecule has 15 heavy (non-hydrogen) atoms. The molecule has 3 nitrogen and oxygen atoms in total. The number of aldehydes is 1. The van der Waals surface area contributed by atoms with Gasteiger partial charge in [0, 0.05) is 27.7 Å². The van der Waals surface area contributed by atoms with Crippen molar-refractivity contribution in [2.24, 2.45) is 0 Å². The van der Waals surface area contributed by atoms with Gasteiger partial charge >= 0.3 is 0 Å². The van der Waals surface area contributed by atoms with Crippen LogP contribution in [0.1, 0.15) is 10.4 Å². The number of carbonyl (C=O) groups is 1. The lowest BCUT2D eigenvalue weighted by molar-refractivity contribution is 0.112. The fourth-order valence-electron chi connectivity index (χ4n) is 1.13. The van der Waals surface area contributed by atoms with Crippen molar-refractivity contribution in [2.75, 3.05) is 0 Å². The van der Waals surface area contributed by atoms with Gasteiger partial charge in [-0.05, 0) is 12.1 Å². The predicted molar refractivity (Wildman–Crippen MR) is 58.0 cm³/mol. The van der Waals surface area contributed by atoms with Crippen LogP contribution in [0, 0.1) is 0 Å². The van der Waals surface area contributed by atoms with Gasteiger partial charge in [-0.3, -0.25) is 4.79 Å². The SMILES string of the molecule is O=Cc1cccc(Sc2cncnc2)c1.